The molecule has 7 nitrogen and oxygen atoms in total. The van der Waals surface area contributed by atoms with E-state index in [-0.39, 0.29) is 11.5 Å². The molecule has 100 valence electrons. The number of esters is 1. The Hall–Kier alpha value is -1.89. The number of aromatic carboxylic acids is 1. The van der Waals surface area contributed by atoms with E-state index < -0.39 is 23.1 Å². The predicted molar refractivity (Wildman–Crippen MR) is 62.9 cm³/mol. The quantitative estimate of drug-likeness (QED) is 0.681. The van der Waals surface area contributed by atoms with E-state index in [2.05, 4.69) is 9.97 Å². The van der Waals surface area contributed by atoms with Crippen LogP contribution in [0, 0.1) is 0 Å². The van der Waals surface area contributed by atoms with Crippen molar-refractivity contribution in [2.45, 2.75) is 38.8 Å². The fraction of sp³-hybridized carbons (Fsp3) is 0.545. The van der Waals surface area contributed by atoms with Gasteiger partial charge in [0.2, 0.25) is 0 Å². The Morgan fingerprint density at radius 1 is 1.39 bits per heavy atom. The molecule has 0 saturated heterocycles. The fourth-order valence-corrected chi connectivity index (χ4v) is 1.18. The molecule has 1 unspecified atom stereocenters. The minimum Gasteiger partial charge on any atom is -0.476 e. The zero-order valence-electron chi connectivity index (χ0n) is 10.8. The maximum atomic E-state index is 11.9. The second kappa shape index (κ2) is 4.41. The molecule has 1 rings (SSSR count). The molecular weight excluding hydrogens is 238 g/mol. The van der Waals surface area contributed by atoms with Gasteiger partial charge >= 0.3 is 11.9 Å². The Bertz CT molecular complexity index is 471. The number of rotatable bonds is 3. The molecule has 0 saturated carbocycles. The van der Waals surface area contributed by atoms with Gasteiger partial charge in [-0.05, 0) is 27.7 Å². The van der Waals surface area contributed by atoms with Crippen LogP contribution in [0.1, 0.15) is 44.0 Å². The van der Waals surface area contributed by atoms with Crippen LogP contribution in [0.25, 0.3) is 0 Å². The van der Waals surface area contributed by atoms with E-state index in [1.807, 2.05) is 0 Å². The largest absolute Gasteiger partial charge is 0.476 e. The lowest BCUT2D eigenvalue weighted by Gasteiger charge is -2.26. The SMILES string of the molecule is CC(C)(C)OC(=O)C(C)(N)c1nc(C(=O)O)c[nH]1. The van der Waals surface area contributed by atoms with E-state index in [9.17, 15) is 9.59 Å². The summed E-state index contributed by atoms with van der Waals surface area (Å²) in [7, 11) is 0. The summed E-state index contributed by atoms with van der Waals surface area (Å²) in [5.41, 5.74) is 3.43. The number of aromatic nitrogens is 2. The molecule has 18 heavy (non-hydrogen) atoms. The summed E-state index contributed by atoms with van der Waals surface area (Å²) in [6.45, 7) is 6.55. The summed E-state index contributed by atoms with van der Waals surface area (Å²) in [6, 6.07) is 0. The number of aromatic amines is 1. The van der Waals surface area contributed by atoms with Crippen molar-refractivity contribution in [3.8, 4) is 0 Å². The zero-order chi connectivity index (χ0) is 14.1. The van der Waals surface area contributed by atoms with Crippen LogP contribution >= 0.6 is 0 Å². The molecule has 1 heterocycles. The molecule has 1 atom stereocenters. The van der Waals surface area contributed by atoms with Gasteiger partial charge in [-0.3, -0.25) is 0 Å². The number of nitrogens with zero attached hydrogens (tertiary/aromatic N) is 1. The average molecular weight is 255 g/mol. The molecule has 0 aromatic carbocycles. The number of H-pyrrole nitrogens is 1. The van der Waals surface area contributed by atoms with E-state index >= 15 is 0 Å². The number of hydrogen-bond acceptors (Lipinski definition) is 5. The smallest absolute Gasteiger partial charge is 0.356 e. The highest BCUT2D eigenvalue weighted by Gasteiger charge is 2.38. The van der Waals surface area contributed by atoms with Gasteiger partial charge in [0.15, 0.2) is 11.2 Å². The van der Waals surface area contributed by atoms with Crippen LogP contribution < -0.4 is 5.73 Å². The molecule has 7 heteroatoms. The average Bonchev–Trinajstić information content (AvgIpc) is 2.63. The number of carbonyl (C=O) groups excluding carboxylic acids is 1. The Morgan fingerprint density at radius 3 is 2.33 bits per heavy atom. The highest BCUT2D eigenvalue weighted by Crippen LogP contribution is 2.20. The number of carbonyl (C=O) groups is 2. The molecule has 1 aromatic rings. The van der Waals surface area contributed by atoms with Crippen molar-refractivity contribution >= 4 is 11.9 Å². The van der Waals surface area contributed by atoms with Crippen LogP contribution in [0.5, 0.6) is 0 Å². The molecule has 0 aliphatic heterocycles. The van der Waals surface area contributed by atoms with Gasteiger partial charge in [0.1, 0.15) is 11.4 Å². The Labute approximate surface area is 104 Å². The number of imidazole rings is 1. The maximum Gasteiger partial charge on any atom is 0.356 e. The normalized spacial score (nSPS) is 14.9. The molecule has 0 aliphatic rings. The fourth-order valence-electron chi connectivity index (χ4n) is 1.18. The Kier molecular flexibility index (Phi) is 3.47. The van der Waals surface area contributed by atoms with Gasteiger partial charge in [0, 0.05) is 6.20 Å². The first-order chi connectivity index (χ1) is 8.04. The van der Waals surface area contributed by atoms with E-state index in [4.69, 9.17) is 15.6 Å². The third-order valence-corrected chi connectivity index (χ3v) is 2.11. The van der Waals surface area contributed by atoms with E-state index in [0.717, 1.165) is 0 Å². The molecule has 4 N–H and O–H groups in total. The summed E-state index contributed by atoms with van der Waals surface area (Å²) in [5.74, 6) is -1.83. The lowest BCUT2D eigenvalue weighted by molar-refractivity contribution is -0.161. The van der Waals surface area contributed by atoms with Crippen molar-refractivity contribution in [3.63, 3.8) is 0 Å². The topological polar surface area (TPSA) is 118 Å². The van der Waals surface area contributed by atoms with Gasteiger partial charge in [-0.2, -0.15) is 0 Å². The lowest BCUT2D eigenvalue weighted by Crippen LogP contribution is -2.46. The molecule has 1 aromatic heterocycles. The maximum absolute atomic E-state index is 11.9. The molecule has 0 aliphatic carbocycles. The monoisotopic (exact) mass is 255 g/mol. The minimum atomic E-state index is -1.53. The van der Waals surface area contributed by atoms with Crippen molar-refractivity contribution in [2.75, 3.05) is 0 Å². The van der Waals surface area contributed by atoms with E-state index in [0.29, 0.717) is 0 Å². The van der Waals surface area contributed by atoms with Crippen molar-refractivity contribution in [3.05, 3.63) is 17.7 Å². The molecule has 0 spiro atoms. The Balaban J connectivity index is 2.97. The van der Waals surface area contributed by atoms with Crippen LogP contribution in [0.3, 0.4) is 0 Å². The van der Waals surface area contributed by atoms with E-state index in [1.54, 1.807) is 20.8 Å². The van der Waals surface area contributed by atoms with Gasteiger partial charge in [0.25, 0.3) is 0 Å². The first kappa shape index (κ1) is 14.2. The lowest BCUT2D eigenvalue weighted by atomic mass is 10.0. The number of nitrogens with two attached hydrogens (primary N) is 1. The van der Waals surface area contributed by atoms with Crippen molar-refractivity contribution in [2.24, 2.45) is 5.73 Å². The Morgan fingerprint density at radius 2 is 1.94 bits per heavy atom. The van der Waals surface area contributed by atoms with Gasteiger partial charge in [-0.15, -0.1) is 0 Å². The first-order valence-electron chi connectivity index (χ1n) is 5.35. The number of carboxylic acids is 1. The second-order valence-corrected chi connectivity index (χ2v) is 5.14. The highest BCUT2D eigenvalue weighted by atomic mass is 16.6. The van der Waals surface area contributed by atoms with Gasteiger partial charge < -0.3 is 20.6 Å². The van der Waals surface area contributed by atoms with Crippen molar-refractivity contribution in [1.29, 1.82) is 0 Å². The number of hydrogen-bond donors (Lipinski definition) is 3. The molecule has 0 radical (unpaired) electrons. The highest BCUT2D eigenvalue weighted by molar-refractivity contribution is 5.86. The second-order valence-electron chi connectivity index (χ2n) is 5.14. The summed E-state index contributed by atoms with van der Waals surface area (Å²) in [6.07, 6.45) is 1.17. The summed E-state index contributed by atoms with van der Waals surface area (Å²) < 4.78 is 5.16. The zero-order valence-corrected chi connectivity index (χ0v) is 10.8. The minimum absolute atomic E-state index is 0.0501. The van der Waals surface area contributed by atoms with Crippen LogP contribution in [-0.2, 0) is 15.1 Å². The van der Waals surface area contributed by atoms with Crippen LogP contribution in [0.2, 0.25) is 0 Å². The van der Waals surface area contributed by atoms with E-state index in [1.165, 1.54) is 13.1 Å². The van der Waals surface area contributed by atoms with Crippen LogP contribution in [-0.4, -0.2) is 32.6 Å². The molecule has 0 amide bonds. The van der Waals surface area contributed by atoms with Gasteiger partial charge in [-0.1, -0.05) is 0 Å². The van der Waals surface area contributed by atoms with Crippen molar-refractivity contribution in [1.82, 2.24) is 9.97 Å². The third-order valence-electron chi connectivity index (χ3n) is 2.11. The summed E-state index contributed by atoms with van der Waals surface area (Å²) >= 11 is 0. The number of nitrogens with one attached hydrogen (secondary N) is 1. The molecule has 0 bridgehead atoms. The summed E-state index contributed by atoms with van der Waals surface area (Å²) in [5, 5.41) is 8.75. The standard InChI is InChI=1S/C11H17N3O4/c1-10(2,3)18-9(17)11(4,12)8-13-5-6(14-8)7(15)16/h5H,12H2,1-4H3,(H,13,14)(H,15,16). The van der Waals surface area contributed by atoms with Crippen molar-refractivity contribution < 1.29 is 19.4 Å². The van der Waals surface area contributed by atoms with Crippen LogP contribution in [0.4, 0.5) is 0 Å². The van der Waals surface area contributed by atoms with Gasteiger partial charge in [-0.25, -0.2) is 14.6 Å². The number of carboxylic acid groups (broad SMARTS) is 1. The first-order valence-corrected chi connectivity index (χ1v) is 5.35. The van der Waals surface area contributed by atoms with Gasteiger partial charge in [0.05, 0.1) is 0 Å². The molecule has 0 fully saturated rings. The predicted octanol–water partition coefficient (Wildman–Crippen LogP) is 0.624. The number of ether oxygens (including phenoxy) is 1. The third kappa shape index (κ3) is 3.07. The van der Waals surface area contributed by atoms with Crippen LogP contribution in [0.15, 0.2) is 6.20 Å². The summed E-state index contributed by atoms with van der Waals surface area (Å²) in [4.78, 5) is 28.9. The molecular formula is C11H17N3O4.